The van der Waals surface area contributed by atoms with Crippen LogP contribution in [0.4, 0.5) is 24.5 Å². The Kier molecular flexibility index (Phi) is 9.84. The summed E-state index contributed by atoms with van der Waals surface area (Å²) in [5.41, 5.74) is -3.62. The molecular formula is C29H28F3N3O5S2. The summed E-state index contributed by atoms with van der Waals surface area (Å²) in [5, 5.41) is 2.90. The lowest BCUT2D eigenvalue weighted by Gasteiger charge is -2.15. The topological polar surface area (TPSA) is 106 Å². The van der Waals surface area contributed by atoms with Crippen molar-refractivity contribution >= 4 is 50.3 Å². The average Bonchev–Trinajstić information content (AvgIpc) is 3.30. The number of hydrogen-bond donors (Lipinski definition) is 2. The number of alkyl halides is 3. The van der Waals surface area contributed by atoms with E-state index in [2.05, 4.69) is 24.2 Å². The number of benzene rings is 3. The summed E-state index contributed by atoms with van der Waals surface area (Å²) in [6.45, 7) is 4.59. The number of hydrogen-bond acceptors (Lipinski definition) is 7. The van der Waals surface area contributed by atoms with Gasteiger partial charge in [0.05, 0.1) is 16.7 Å². The van der Waals surface area contributed by atoms with Crippen molar-refractivity contribution < 1.29 is 35.9 Å². The first kappa shape index (κ1) is 31.0. The summed E-state index contributed by atoms with van der Waals surface area (Å²) in [7, 11) is -5.52. The number of sulfonamides is 1. The van der Waals surface area contributed by atoms with Gasteiger partial charge in [-0.05, 0) is 90.3 Å². The predicted molar refractivity (Wildman–Crippen MR) is 158 cm³/mol. The van der Waals surface area contributed by atoms with Crippen molar-refractivity contribution in [3.8, 4) is 11.5 Å². The molecule has 222 valence electrons. The molecule has 3 aromatic carbocycles. The molecule has 0 radical (unpaired) electrons. The standard InChI is InChI=1S/C29H28F3N3O5S2/c1-3-23(4-2)40-25-15-7-20(8-16-25)18-39-24-13-5-19(6-14-24)17-26-27(36)34-28(41-26)33-21-9-11-22(12-10-21)35-42(37,38)29(30,31)32/h5-17,23,35H,3-4,18H2,1-2H3,(H,33,34,36). The summed E-state index contributed by atoms with van der Waals surface area (Å²) in [4.78, 5) is 17.1. The third-order valence-electron chi connectivity index (χ3n) is 6.03. The number of aliphatic imine (C=N–C) groups is 1. The van der Waals surface area contributed by atoms with Gasteiger partial charge in [0.25, 0.3) is 5.91 Å². The summed E-state index contributed by atoms with van der Waals surface area (Å²) in [6.07, 6.45) is 3.81. The van der Waals surface area contributed by atoms with Crippen LogP contribution in [0.1, 0.15) is 37.8 Å². The van der Waals surface area contributed by atoms with Crippen LogP contribution in [0.2, 0.25) is 0 Å². The van der Waals surface area contributed by atoms with Crippen LogP contribution in [-0.2, 0) is 21.4 Å². The molecule has 0 spiro atoms. The van der Waals surface area contributed by atoms with Crippen LogP contribution in [0.3, 0.4) is 0 Å². The zero-order valence-corrected chi connectivity index (χ0v) is 24.3. The Morgan fingerprint density at radius 2 is 1.57 bits per heavy atom. The van der Waals surface area contributed by atoms with Crippen LogP contribution >= 0.6 is 11.8 Å². The van der Waals surface area contributed by atoms with Crippen molar-refractivity contribution in [3.05, 3.63) is 88.8 Å². The fourth-order valence-electron chi connectivity index (χ4n) is 3.71. The van der Waals surface area contributed by atoms with Gasteiger partial charge in [0, 0.05) is 5.69 Å². The lowest BCUT2D eigenvalue weighted by Crippen LogP contribution is -2.29. The van der Waals surface area contributed by atoms with Gasteiger partial charge in [0.2, 0.25) is 0 Å². The number of carbonyl (C=O) groups excluding carboxylic acids is 1. The second kappa shape index (κ2) is 13.3. The first-order chi connectivity index (χ1) is 20.0. The summed E-state index contributed by atoms with van der Waals surface area (Å²) in [6, 6.07) is 20.0. The molecule has 42 heavy (non-hydrogen) atoms. The monoisotopic (exact) mass is 619 g/mol. The highest BCUT2D eigenvalue weighted by atomic mass is 32.2. The highest BCUT2D eigenvalue weighted by molar-refractivity contribution is 8.18. The van der Waals surface area contributed by atoms with E-state index >= 15 is 0 Å². The maximum absolute atomic E-state index is 12.5. The Hall–Kier alpha value is -3.97. The normalized spacial score (nSPS) is 15.7. The van der Waals surface area contributed by atoms with Gasteiger partial charge in [-0.25, -0.2) is 4.99 Å². The molecule has 1 saturated heterocycles. The van der Waals surface area contributed by atoms with Crippen LogP contribution in [-0.4, -0.2) is 31.1 Å². The third-order valence-corrected chi connectivity index (χ3v) is 8.05. The van der Waals surface area contributed by atoms with Gasteiger partial charge in [0.1, 0.15) is 18.1 Å². The summed E-state index contributed by atoms with van der Waals surface area (Å²) < 4.78 is 73.4. The van der Waals surface area contributed by atoms with E-state index < -0.39 is 15.5 Å². The van der Waals surface area contributed by atoms with Crippen LogP contribution in [0, 0.1) is 0 Å². The SMILES string of the molecule is CCC(CC)Oc1ccc(COc2ccc(C=C3SC(=Nc4ccc(NS(=O)(=O)C(F)(F)F)cc4)NC3=O)cc2)cc1. The zero-order valence-electron chi connectivity index (χ0n) is 22.6. The molecule has 0 saturated carbocycles. The molecule has 0 bridgehead atoms. The lowest BCUT2D eigenvalue weighted by molar-refractivity contribution is -0.115. The van der Waals surface area contributed by atoms with Crippen molar-refractivity contribution in [3.63, 3.8) is 0 Å². The van der Waals surface area contributed by atoms with Gasteiger partial charge in [-0.3, -0.25) is 9.52 Å². The maximum Gasteiger partial charge on any atom is 0.516 e. The van der Waals surface area contributed by atoms with Crippen molar-refractivity contribution in [2.75, 3.05) is 4.72 Å². The van der Waals surface area contributed by atoms with Gasteiger partial charge in [-0.2, -0.15) is 21.6 Å². The highest BCUT2D eigenvalue weighted by Crippen LogP contribution is 2.30. The molecule has 3 aromatic rings. The Morgan fingerprint density at radius 3 is 2.17 bits per heavy atom. The zero-order chi connectivity index (χ0) is 30.3. The highest BCUT2D eigenvalue weighted by Gasteiger charge is 2.46. The van der Waals surface area contributed by atoms with E-state index in [1.54, 1.807) is 18.2 Å². The summed E-state index contributed by atoms with van der Waals surface area (Å²) >= 11 is 1.09. The first-order valence-corrected chi connectivity index (χ1v) is 15.2. The minimum Gasteiger partial charge on any atom is -0.490 e. The van der Waals surface area contributed by atoms with Gasteiger partial charge >= 0.3 is 15.5 Å². The lowest BCUT2D eigenvalue weighted by atomic mass is 10.2. The van der Waals surface area contributed by atoms with Gasteiger partial charge < -0.3 is 14.8 Å². The molecule has 1 amide bonds. The Morgan fingerprint density at radius 1 is 0.952 bits per heavy atom. The van der Waals surface area contributed by atoms with Gasteiger partial charge in [0.15, 0.2) is 5.17 Å². The van der Waals surface area contributed by atoms with E-state index in [0.29, 0.717) is 22.9 Å². The fourth-order valence-corrected chi connectivity index (χ4v) is 5.11. The van der Waals surface area contributed by atoms with E-state index in [0.717, 1.165) is 53.6 Å². The van der Waals surface area contributed by atoms with Crippen LogP contribution in [0.15, 0.2) is 82.7 Å². The Labute approximate surface area is 246 Å². The molecule has 0 aromatic heterocycles. The third kappa shape index (κ3) is 8.29. The second-order valence-corrected chi connectivity index (χ2v) is 11.8. The van der Waals surface area contributed by atoms with Crippen LogP contribution in [0.25, 0.3) is 6.08 Å². The van der Waals surface area contributed by atoms with Gasteiger partial charge in [-0.1, -0.05) is 38.1 Å². The van der Waals surface area contributed by atoms with Crippen molar-refractivity contribution in [1.29, 1.82) is 0 Å². The maximum atomic E-state index is 12.5. The molecule has 2 N–H and O–H groups in total. The Balaban J connectivity index is 1.32. The number of carbonyl (C=O) groups is 1. The first-order valence-electron chi connectivity index (χ1n) is 12.9. The Bertz CT molecular complexity index is 1550. The van der Waals surface area contributed by atoms with Crippen molar-refractivity contribution in [1.82, 2.24) is 5.32 Å². The number of halogens is 3. The van der Waals surface area contributed by atoms with E-state index in [-0.39, 0.29) is 22.9 Å². The number of thioether (sulfide) groups is 1. The molecule has 8 nitrogen and oxygen atoms in total. The predicted octanol–water partition coefficient (Wildman–Crippen LogP) is 6.99. The molecule has 1 fully saturated rings. The largest absolute Gasteiger partial charge is 0.516 e. The van der Waals surface area contributed by atoms with Crippen molar-refractivity contribution in [2.45, 2.75) is 44.9 Å². The van der Waals surface area contributed by atoms with E-state index in [1.807, 2.05) is 36.4 Å². The quantitative estimate of drug-likeness (QED) is 0.224. The molecule has 13 heteroatoms. The smallest absolute Gasteiger partial charge is 0.490 e. The molecule has 0 atom stereocenters. The molecule has 4 rings (SSSR count). The number of nitrogens with one attached hydrogen (secondary N) is 2. The number of nitrogens with zero attached hydrogens (tertiary/aromatic N) is 1. The number of ether oxygens (including phenoxy) is 2. The minimum absolute atomic E-state index is 0.204. The van der Waals surface area contributed by atoms with Crippen LogP contribution in [0.5, 0.6) is 11.5 Å². The van der Waals surface area contributed by atoms with E-state index in [1.165, 1.54) is 16.9 Å². The minimum atomic E-state index is -5.52. The van der Waals surface area contributed by atoms with Gasteiger partial charge in [-0.15, -0.1) is 0 Å². The number of amides is 1. The molecule has 1 heterocycles. The van der Waals surface area contributed by atoms with Crippen LogP contribution < -0.4 is 19.5 Å². The molecular weight excluding hydrogens is 591 g/mol. The summed E-state index contributed by atoms with van der Waals surface area (Å²) in [5.74, 6) is 1.14. The average molecular weight is 620 g/mol. The molecule has 0 aliphatic carbocycles. The number of amidine groups is 1. The molecule has 0 unspecified atom stereocenters. The second-order valence-electron chi connectivity index (χ2n) is 9.14. The van der Waals surface area contributed by atoms with E-state index in [9.17, 15) is 26.4 Å². The number of rotatable bonds is 11. The van der Waals surface area contributed by atoms with E-state index in [4.69, 9.17) is 9.47 Å². The number of anilines is 1. The molecule has 1 aliphatic rings. The fraction of sp³-hybridized carbons (Fsp3) is 0.241. The molecule has 1 aliphatic heterocycles. The van der Waals surface area contributed by atoms with Crippen molar-refractivity contribution in [2.24, 2.45) is 4.99 Å².